The minimum atomic E-state index is -0.278. The van der Waals surface area contributed by atoms with Crippen LogP contribution in [-0.4, -0.2) is 73.2 Å². The number of piperidine rings is 2. The Morgan fingerprint density at radius 1 is 1.05 bits per heavy atom. The normalized spacial score (nSPS) is 33.1. The van der Waals surface area contributed by atoms with Crippen LogP contribution in [0.5, 0.6) is 0 Å². The van der Waals surface area contributed by atoms with E-state index in [2.05, 4.69) is 10.2 Å². The highest BCUT2D eigenvalue weighted by molar-refractivity contribution is 5.81. The Morgan fingerprint density at radius 3 is 2.43 bits per heavy atom. The number of rotatable bonds is 2. The molecule has 3 heterocycles. The molecule has 5 nitrogen and oxygen atoms in total. The number of carbonyl (C=O) groups is 1. The van der Waals surface area contributed by atoms with Crippen LogP contribution in [0.4, 0.5) is 0 Å². The van der Waals surface area contributed by atoms with Gasteiger partial charge in [0.1, 0.15) is 6.10 Å². The third-order valence-corrected chi connectivity index (χ3v) is 5.12. The van der Waals surface area contributed by atoms with Gasteiger partial charge in [0, 0.05) is 32.2 Å². The molecule has 0 spiro atoms. The summed E-state index contributed by atoms with van der Waals surface area (Å²) in [6.07, 6.45) is 6.19. The first-order valence-corrected chi connectivity index (χ1v) is 8.63. The van der Waals surface area contributed by atoms with E-state index in [0.717, 1.165) is 32.5 Å². The molecule has 0 radical (unpaired) electrons. The molecule has 1 amide bonds. The van der Waals surface area contributed by atoms with Crippen molar-refractivity contribution in [3.05, 3.63) is 0 Å². The summed E-state index contributed by atoms with van der Waals surface area (Å²) in [5.41, 5.74) is 0. The van der Waals surface area contributed by atoms with Crippen LogP contribution < -0.4 is 5.32 Å². The first-order valence-electron chi connectivity index (χ1n) is 8.63. The van der Waals surface area contributed by atoms with Crippen molar-refractivity contribution in [3.8, 4) is 0 Å². The van der Waals surface area contributed by atoms with Gasteiger partial charge in [-0.05, 0) is 45.7 Å². The monoisotopic (exact) mass is 295 g/mol. The Labute approximate surface area is 128 Å². The van der Waals surface area contributed by atoms with Crippen molar-refractivity contribution in [1.82, 2.24) is 15.1 Å². The third kappa shape index (κ3) is 3.76. The molecule has 3 aliphatic rings. The number of nitrogens with one attached hydrogen (secondary N) is 1. The summed E-state index contributed by atoms with van der Waals surface area (Å²) in [6, 6.07) is 0.693. The number of hydrogen-bond acceptors (Lipinski definition) is 4. The van der Waals surface area contributed by atoms with E-state index in [-0.39, 0.29) is 18.1 Å². The van der Waals surface area contributed by atoms with E-state index in [0.29, 0.717) is 12.6 Å². The Balaban J connectivity index is 1.47. The fourth-order valence-corrected chi connectivity index (χ4v) is 3.88. The minimum absolute atomic E-state index is 0.138. The number of likely N-dealkylation sites (tertiary alicyclic amines) is 2. The van der Waals surface area contributed by atoms with Gasteiger partial charge < -0.3 is 19.9 Å². The van der Waals surface area contributed by atoms with Crippen molar-refractivity contribution in [3.63, 3.8) is 0 Å². The Bertz CT molecular complexity index is 349. The van der Waals surface area contributed by atoms with E-state index in [4.69, 9.17) is 4.74 Å². The van der Waals surface area contributed by atoms with Crippen LogP contribution in [0.2, 0.25) is 0 Å². The zero-order chi connectivity index (χ0) is 14.7. The molecule has 21 heavy (non-hydrogen) atoms. The molecule has 0 aromatic rings. The predicted octanol–water partition coefficient (Wildman–Crippen LogP) is 0.840. The van der Waals surface area contributed by atoms with E-state index in [9.17, 15) is 4.79 Å². The van der Waals surface area contributed by atoms with Crippen LogP contribution in [0.25, 0.3) is 0 Å². The van der Waals surface area contributed by atoms with E-state index in [1.807, 2.05) is 11.8 Å². The smallest absolute Gasteiger partial charge is 0.253 e. The summed E-state index contributed by atoms with van der Waals surface area (Å²) in [7, 11) is 0. The summed E-state index contributed by atoms with van der Waals surface area (Å²) in [5.74, 6) is 0.186. The van der Waals surface area contributed by atoms with Crippen LogP contribution in [0, 0.1) is 0 Å². The molecule has 5 heteroatoms. The lowest BCUT2D eigenvalue weighted by Gasteiger charge is -2.41. The molecule has 0 saturated carbocycles. The highest BCUT2D eigenvalue weighted by atomic mass is 16.5. The number of carbonyl (C=O) groups excluding carboxylic acids is 1. The summed E-state index contributed by atoms with van der Waals surface area (Å²) in [4.78, 5) is 17.2. The molecule has 0 aromatic heterocycles. The lowest BCUT2D eigenvalue weighted by Crippen LogP contribution is -2.55. The third-order valence-electron chi connectivity index (χ3n) is 5.12. The number of nitrogens with zero attached hydrogens (tertiary/aromatic N) is 2. The zero-order valence-electron chi connectivity index (χ0n) is 13.2. The summed E-state index contributed by atoms with van der Waals surface area (Å²) in [6.45, 7) is 7.84. The van der Waals surface area contributed by atoms with Crippen molar-refractivity contribution in [2.75, 3.05) is 39.3 Å². The molecule has 1 N–H and O–H groups in total. The number of hydrogen-bond donors (Lipinski definition) is 1. The van der Waals surface area contributed by atoms with Gasteiger partial charge in [-0.2, -0.15) is 0 Å². The zero-order valence-corrected chi connectivity index (χ0v) is 13.2. The Kier molecular flexibility index (Phi) is 5.14. The van der Waals surface area contributed by atoms with Crippen LogP contribution in [0.3, 0.4) is 0 Å². The van der Waals surface area contributed by atoms with Gasteiger partial charge >= 0.3 is 0 Å². The summed E-state index contributed by atoms with van der Waals surface area (Å²) in [5, 5.41) is 3.28. The molecule has 3 rings (SSSR count). The van der Waals surface area contributed by atoms with Crippen LogP contribution in [-0.2, 0) is 9.53 Å². The Morgan fingerprint density at radius 2 is 1.76 bits per heavy atom. The SMILES string of the molecule is C[C@@H]1CNC[C@H](C(=O)N2CCC(N3CCCCC3)CC2)O1. The highest BCUT2D eigenvalue weighted by Gasteiger charge is 2.33. The highest BCUT2D eigenvalue weighted by Crippen LogP contribution is 2.21. The second-order valence-electron chi connectivity index (χ2n) is 6.75. The molecular formula is C16H29N3O2. The van der Waals surface area contributed by atoms with E-state index in [1.54, 1.807) is 0 Å². The van der Waals surface area contributed by atoms with Gasteiger partial charge in [0.15, 0.2) is 0 Å². The van der Waals surface area contributed by atoms with E-state index >= 15 is 0 Å². The lowest BCUT2D eigenvalue weighted by molar-refractivity contribution is -0.151. The molecule has 120 valence electrons. The largest absolute Gasteiger partial charge is 0.363 e. The number of ether oxygens (including phenoxy) is 1. The van der Waals surface area contributed by atoms with Crippen LogP contribution >= 0.6 is 0 Å². The van der Waals surface area contributed by atoms with Crippen molar-refractivity contribution in [1.29, 1.82) is 0 Å². The molecule has 3 fully saturated rings. The van der Waals surface area contributed by atoms with Gasteiger partial charge in [-0.15, -0.1) is 0 Å². The van der Waals surface area contributed by atoms with Gasteiger partial charge in [-0.3, -0.25) is 4.79 Å². The van der Waals surface area contributed by atoms with Gasteiger partial charge in [-0.1, -0.05) is 6.42 Å². The molecule has 0 unspecified atom stereocenters. The molecule has 0 aliphatic carbocycles. The average Bonchev–Trinajstić information content (AvgIpc) is 2.55. The molecule has 0 aromatic carbocycles. The Hall–Kier alpha value is -0.650. The van der Waals surface area contributed by atoms with Crippen LogP contribution in [0.15, 0.2) is 0 Å². The molecule has 2 atom stereocenters. The first-order chi connectivity index (χ1) is 10.2. The fraction of sp³-hybridized carbons (Fsp3) is 0.938. The molecule has 3 aliphatic heterocycles. The number of amides is 1. The van der Waals surface area contributed by atoms with Crippen LogP contribution in [0.1, 0.15) is 39.0 Å². The predicted molar refractivity (Wildman–Crippen MR) is 82.2 cm³/mol. The van der Waals surface area contributed by atoms with Crippen molar-refractivity contribution in [2.45, 2.75) is 57.3 Å². The quantitative estimate of drug-likeness (QED) is 0.820. The van der Waals surface area contributed by atoms with Crippen molar-refractivity contribution < 1.29 is 9.53 Å². The van der Waals surface area contributed by atoms with E-state index < -0.39 is 0 Å². The average molecular weight is 295 g/mol. The molecular weight excluding hydrogens is 266 g/mol. The van der Waals surface area contributed by atoms with Gasteiger partial charge in [0.25, 0.3) is 5.91 Å². The van der Waals surface area contributed by atoms with Gasteiger partial charge in [0.05, 0.1) is 6.10 Å². The maximum absolute atomic E-state index is 12.5. The maximum Gasteiger partial charge on any atom is 0.253 e. The second-order valence-corrected chi connectivity index (χ2v) is 6.75. The molecule has 0 bridgehead atoms. The van der Waals surface area contributed by atoms with E-state index in [1.165, 1.54) is 32.4 Å². The second kappa shape index (κ2) is 7.07. The van der Waals surface area contributed by atoms with Crippen molar-refractivity contribution >= 4 is 5.91 Å². The van der Waals surface area contributed by atoms with Crippen molar-refractivity contribution in [2.24, 2.45) is 0 Å². The summed E-state index contributed by atoms with van der Waals surface area (Å²) >= 11 is 0. The summed E-state index contributed by atoms with van der Waals surface area (Å²) < 4.78 is 5.78. The van der Waals surface area contributed by atoms with Gasteiger partial charge in [-0.25, -0.2) is 0 Å². The standard InChI is InChI=1S/C16H29N3O2/c1-13-11-17-12-15(21-13)16(20)19-9-5-14(6-10-19)18-7-3-2-4-8-18/h13-15,17H,2-12H2,1H3/t13-,15-/m1/s1. The maximum atomic E-state index is 12.5. The fourth-order valence-electron chi connectivity index (χ4n) is 3.88. The first kappa shape index (κ1) is 15.3. The topological polar surface area (TPSA) is 44.8 Å². The molecule has 3 saturated heterocycles. The number of morpholine rings is 1. The minimum Gasteiger partial charge on any atom is -0.363 e. The lowest BCUT2D eigenvalue weighted by atomic mass is 9.99. The van der Waals surface area contributed by atoms with Gasteiger partial charge in [0.2, 0.25) is 0 Å².